The average molecular weight is 230 g/mol. The van der Waals surface area contributed by atoms with Crippen molar-refractivity contribution in [1.82, 2.24) is 10.2 Å². The van der Waals surface area contributed by atoms with Gasteiger partial charge in [-0.25, -0.2) is 0 Å². The van der Waals surface area contributed by atoms with Gasteiger partial charge < -0.3 is 9.84 Å². The van der Waals surface area contributed by atoms with E-state index in [0.29, 0.717) is 11.6 Å². The molecule has 0 unspecified atom stereocenters. The van der Waals surface area contributed by atoms with Crippen molar-refractivity contribution in [3.8, 4) is 11.6 Å². The van der Waals surface area contributed by atoms with Crippen molar-refractivity contribution >= 4 is 0 Å². The molecule has 0 saturated heterocycles. The lowest BCUT2D eigenvalue weighted by Crippen LogP contribution is -1.96. The Bertz CT molecular complexity index is 509. The maximum Gasteiger partial charge on any atom is 0.238 e. The fraction of sp³-hybridized carbons (Fsp3) is 0.231. The van der Waals surface area contributed by atoms with Gasteiger partial charge in [0.2, 0.25) is 5.88 Å². The van der Waals surface area contributed by atoms with Gasteiger partial charge >= 0.3 is 0 Å². The molecular formula is C13H14N2O2. The molecule has 0 fully saturated rings. The van der Waals surface area contributed by atoms with Crippen LogP contribution in [-0.2, 0) is 6.61 Å². The standard InChI is InChI=1S/C13H14N2O2/c1-9-3-5-12(10(2)7-9)17-13-6-4-11(8-16)14-15-13/h3-7,16H,8H2,1-2H3. The Morgan fingerprint density at radius 3 is 2.53 bits per heavy atom. The first kappa shape index (κ1) is 11.5. The monoisotopic (exact) mass is 230 g/mol. The van der Waals surface area contributed by atoms with Gasteiger partial charge in [-0.3, -0.25) is 0 Å². The summed E-state index contributed by atoms with van der Waals surface area (Å²) in [7, 11) is 0. The van der Waals surface area contributed by atoms with Gasteiger partial charge in [0.1, 0.15) is 5.75 Å². The van der Waals surface area contributed by atoms with Crippen molar-refractivity contribution in [3.63, 3.8) is 0 Å². The van der Waals surface area contributed by atoms with Crippen LogP contribution in [0.4, 0.5) is 0 Å². The zero-order chi connectivity index (χ0) is 12.3. The number of rotatable bonds is 3. The van der Waals surface area contributed by atoms with E-state index in [1.807, 2.05) is 32.0 Å². The first-order valence-corrected chi connectivity index (χ1v) is 5.37. The van der Waals surface area contributed by atoms with Gasteiger partial charge in [-0.1, -0.05) is 17.7 Å². The number of aliphatic hydroxyl groups excluding tert-OH is 1. The SMILES string of the molecule is Cc1ccc(Oc2ccc(CO)nn2)c(C)c1. The van der Waals surface area contributed by atoms with Crippen molar-refractivity contribution in [2.45, 2.75) is 20.5 Å². The van der Waals surface area contributed by atoms with E-state index in [2.05, 4.69) is 10.2 Å². The third-order valence-electron chi connectivity index (χ3n) is 2.40. The minimum Gasteiger partial charge on any atom is -0.437 e. The summed E-state index contributed by atoms with van der Waals surface area (Å²) in [5.41, 5.74) is 2.77. The van der Waals surface area contributed by atoms with Gasteiger partial charge in [0, 0.05) is 6.07 Å². The molecule has 0 radical (unpaired) electrons. The summed E-state index contributed by atoms with van der Waals surface area (Å²) < 4.78 is 5.61. The Morgan fingerprint density at radius 1 is 1.12 bits per heavy atom. The van der Waals surface area contributed by atoms with Crippen LogP contribution in [0.2, 0.25) is 0 Å². The Balaban J connectivity index is 2.19. The fourth-order valence-corrected chi connectivity index (χ4v) is 1.51. The van der Waals surface area contributed by atoms with Crippen LogP contribution in [0.15, 0.2) is 30.3 Å². The van der Waals surface area contributed by atoms with Crippen LogP contribution in [-0.4, -0.2) is 15.3 Å². The molecule has 1 N–H and O–H groups in total. The molecule has 2 rings (SSSR count). The van der Waals surface area contributed by atoms with Gasteiger partial charge in [-0.05, 0) is 31.5 Å². The second-order valence-electron chi connectivity index (χ2n) is 3.89. The summed E-state index contributed by atoms with van der Waals surface area (Å²) in [5, 5.41) is 16.5. The first-order chi connectivity index (χ1) is 8.19. The normalized spacial score (nSPS) is 10.3. The van der Waals surface area contributed by atoms with Gasteiger partial charge in [-0.2, -0.15) is 0 Å². The summed E-state index contributed by atoms with van der Waals surface area (Å²) in [5.74, 6) is 1.19. The minimum atomic E-state index is -0.114. The number of nitrogens with zero attached hydrogens (tertiary/aromatic N) is 2. The molecule has 88 valence electrons. The van der Waals surface area contributed by atoms with E-state index < -0.39 is 0 Å². The van der Waals surface area contributed by atoms with Crippen LogP contribution in [0.1, 0.15) is 16.8 Å². The Kier molecular flexibility index (Phi) is 3.35. The van der Waals surface area contributed by atoms with Crippen LogP contribution in [0.3, 0.4) is 0 Å². The molecule has 4 heteroatoms. The largest absolute Gasteiger partial charge is 0.437 e. The van der Waals surface area contributed by atoms with E-state index in [1.165, 1.54) is 5.56 Å². The predicted molar refractivity (Wildman–Crippen MR) is 63.9 cm³/mol. The van der Waals surface area contributed by atoms with Crippen LogP contribution in [0, 0.1) is 13.8 Å². The Hall–Kier alpha value is -1.94. The molecule has 0 spiro atoms. The molecule has 0 saturated carbocycles. The van der Waals surface area contributed by atoms with E-state index in [-0.39, 0.29) is 6.61 Å². The number of ether oxygens (including phenoxy) is 1. The molecule has 0 aliphatic carbocycles. The smallest absolute Gasteiger partial charge is 0.238 e. The van der Waals surface area contributed by atoms with E-state index >= 15 is 0 Å². The zero-order valence-corrected chi connectivity index (χ0v) is 9.84. The van der Waals surface area contributed by atoms with Crippen LogP contribution < -0.4 is 4.74 Å². The summed E-state index contributed by atoms with van der Waals surface area (Å²) in [4.78, 5) is 0. The van der Waals surface area contributed by atoms with Crippen molar-refractivity contribution in [2.24, 2.45) is 0 Å². The molecule has 1 aromatic heterocycles. The lowest BCUT2D eigenvalue weighted by Gasteiger charge is -2.07. The fourth-order valence-electron chi connectivity index (χ4n) is 1.51. The third-order valence-corrected chi connectivity index (χ3v) is 2.40. The molecule has 0 amide bonds. The molecular weight excluding hydrogens is 216 g/mol. The highest BCUT2D eigenvalue weighted by Gasteiger charge is 2.03. The zero-order valence-electron chi connectivity index (χ0n) is 9.84. The summed E-state index contributed by atoms with van der Waals surface area (Å²) >= 11 is 0. The number of aliphatic hydroxyl groups is 1. The van der Waals surface area contributed by atoms with Crippen molar-refractivity contribution in [3.05, 3.63) is 47.2 Å². The van der Waals surface area contributed by atoms with Gasteiger partial charge in [0.25, 0.3) is 0 Å². The second kappa shape index (κ2) is 4.93. The van der Waals surface area contributed by atoms with E-state index in [4.69, 9.17) is 9.84 Å². The number of benzene rings is 1. The molecule has 1 aromatic carbocycles. The van der Waals surface area contributed by atoms with E-state index in [0.717, 1.165) is 11.3 Å². The molecule has 17 heavy (non-hydrogen) atoms. The number of hydrogen-bond acceptors (Lipinski definition) is 4. The van der Waals surface area contributed by atoms with E-state index in [9.17, 15) is 0 Å². The molecule has 0 aliphatic heterocycles. The Labute approximate surface area is 99.9 Å². The van der Waals surface area contributed by atoms with Gasteiger partial charge in [-0.15, -0.1) is 10.2 Å². The van der Waals surface area contributed by atoms with Crippen molar-refractivity contribution in [2.75, 3.05) is 0 Å². The summed E-state index contributed by atoms with van der Waals surface area (Å²) in [6.07, 6.45) is 0. The van der Waals surface area contributed by atoms with Crippen LogP contribution >= 0.6 is 0 Å². The van der Waals surface area contributed by atoms with Gasteiger partial charge in [0.05, 0.1) is 12.3 Å². The molecule has 4 nitrogen and oxygen atoms in total. The molecule has 2 aromatic rings. The maximum absolute atomic E-state index is 8.85. The molecule has 0 aliphatic rings. The predicted octanol–water partition coefficient (Wildman–Crippen LogP) is 2.38. The highest BCUT2D eigenvalue weighted by Crippen LogP contribution is 2.23. The lowest BCUT2D eigenvalue weighted by atomic mass is 10.1. The summed E-state index contributed by atoms with van der Waals surface area (Å²) in [6.45, 7) is 3.90. The van der Waals surface area contributed by atoms with Crippen LogP contribution in [0.25, 0.3) is 0 Å². The highest BCUT2D eigenvalue weighted by molar-refractivity contribution is 5.37. The first-order valence-electron chi connectivity index (χ1n) is 5.37. The Morgan fingerprint density at radius 2 is 1.94 bits per heavy atom. The van der Waals surface area contributed by atoms with Crippen LogP contribution in [0.5, 0.6) is 11.6 Å². The number of aryl methyl sites for hydroxylation is 2. The van der Waals surface area contributed by atoms with Crippen molar-refractivity contribution in [1.29, 1.82) is 0 Å². The third kappa shape index (κ3) is 2.79. The van der Waals surface area contributed by atoms with E-state index in [1.54, 1.807) is 12.1 Å². The maximum atomic E-state index is 8.85. The van der Waals surface area contributed by atoms with Crippen molar-refractivity contribution < 1.29 is 9.84 Å². The molecule has 0 bridgehead atoms. The minimum absolute atomic E-state index is 0.114. The summed E-state index contributed by atoms with van der Waals surface area (Å²) in [6, 6.07) is 9.32. The quantitative estimate of drug-likeness (QED) is 0.879. The second-order valence-corrected chi connectivity index (χ2v) is 3.89. The lowest BCUT2D eigenvalue weighted by molar-refractivity contribution is 0.274. The molecule has 0 atom stereocenters. The molecule has 1 heterocycles. The average Bonchev–Trinajstić information content (AvgIpc) is 2.34. The number of aromatic nitrogens is 2. The van der Waals surface area contributed by atoms with Gasteiger partial charge in [0.15, 0.2) is 0 Å². The number of hydrogen-bond donors (Lipinski definition) is 1. The topological polar surface area (TPSA) is 55.2 Å². The highest BCUT2D eigenvalue weighted by atomic mass is 16.5.